The van der Waals surface area contributed by atoms with Gasteiger partial charge in [-0.05, 0) is 71.0 Å². The second-order valence-electron chi connectivity index (χ2n) is 10.3. The van der Waals surface area contributed by atoms with Gasteiger partial charge in [0, 0.05) is 10.6 Å². The second-order valence-corrected chi connectivity index (χ2v) is 11.8. The van der Waals surface area contributed by atoms with Gasteiger partial charge >= 0.3 is 0 Å². The molecule has 1 aliphatic heterocycles. The third-order valence-electron chi connectivity index (χ3n) is 7.78. The van der Waals surface area contributed by atoms with Crippen LogP contribution in [0.15, 0.2) is 112 Å². The summed E-state index contributed by atoms with van der Waals surface area (Å²) in [6.07, 6.45) is 3.71. The number of aromatic nitrogens is 1. The fraction of sp³-hybridized carbons (Fsp3) is 0.143. The van der Waals surface area contributed by atoms with E-state index in [4.69, 9.17) is 26.1 Å². The lowest BCUT2D eigenvalue weighted by atomic mass is 9.83. The van der Waals surface area contributed by atoms with Crippen molar-refractivity contribution in [2.45, 2.75) is 25.5 Å². The van der Waals surface area contributed by atoms with E-state index in [1.807, 2.05) is 71.3 Å². The third-order valence-corrected chi connectivity index (χ3v) is 9.02. The largest absolute Gasteiger partial charge is 0.493 e. The molecule has 4 aromatic carbocycles. The van der Waals surface area contributed by atoms with Gasteiger partial charge < -0.3 is 9.47 Å². The van der Waals surface area contributed by atoms with Gasteiger partial charge in [0.1, 0.15) is 6.61 Å². The van der Waals surface area contributed by atoms with Crippen LogP contribution in [0, 0.1) is 0 Å². The molecule has 0 amide bonds. The highest BCUT2D eigenvalue weighted by molar-refractivity contribution is 7.07. The molecule has 0 radical (unpaired) electrons. The quantitative estimate of drug-likeness (QED) is 0.225. The number of hydrogen-bond acceptors (Lipinski definition) is 5. The normalized spacial score (nSPS) is 15.9. The van der Waals surface area contributed by atoms with Gasteiger partial charge in [-0.1, -0.05) is 95.7 Å². The number of benzene rings is 4. The molecule has 0 saturated heterocycles. The Morgan fingerprint density at radius 1 is 0.952 bits per heavy atom. The molecule has 1 atom stereocenters. The lowest BCUT2D eigenvalue weighted by Gasteiger charge is -2.30. The molecule has 208 valence electrons. The van der Waals surface area contributed by atoms with Crippen molar-refractivity contribution in [3.63, 3.8) is 0 Å². The summed E-state index contributed by atoms with van der Waals surface area (Å²) in [5, 5.41) is 0.686. The van der Waals surface area contributed by atoms with Crippen LogP contribution in [0.1, 0.15) is 40.3 Å². The van der Waals surface area contributed by atoms with Gasteiger partial charge in [-0.25, -0.2) is 4.99 Å². The molecule has 2 heterocycles. The van der Waals surface area contributed by atoms with Gasteiger partial charge in [0.2, 0.25) is 0 Å². The highest BCUT2D eigenvalue weighted by Gasteiger charge is 2.32. The van der Waals surface area contributed by atoms with Crippen molar-refractivity contribution in [3.05, 3.63) is 155 Å². The molecule has 0 saturated carbocycles. The van der Waals surface area contributed by atoms with E-state index in [1.54, 1.807) is 7.11 Å². The molecule has 0 unspecified atom stereocenters. The molecule has 5 nitrogen and oxygen atoms in total. The number of rotatable bonds is 6. The predicted molar refractivity (Wildman–Crippen MR) is 168 cm³/mol. The topological polar surface area (TPSA) is 52.8 Å². The zero-order valence-corrected chi connectivity index (χ0v) is 24.5. The van der Waals surface area contributed by atoms with Crippen LogP contribution in [0.5, 0.6) is 11.5 Å². The molecule has 0 N–H and O–H groups in total. The number of aryl methyl sites for hydroxylation is 1. The number of hydrogen-bond donors (Lipinski definition) is 0. The van der Waals surface area contributed by atoms with Gasteiger partial charge in [-0.15, -0.1) is 0 Å². The summed E-state index contributed by atoms with van der Waals surface area (Å²) in [7, 11) is 1.62. The Morgan fingerprint density at radius 3 is 2.55 bits per heavy atom. The molecule has 42 heavy (non-hydrogen) atoms. The van der Waals surface area contributed by atoms with E-state index in [2.05, 4.69) is 36.4 Å². The molecule has 7 heteroatoms. The summed E-state index contributed by atoms with van der Waals surface area (Å²) >= 11 is 7.42. The monoisotopic (exact) mass is 590 g/mol. The van der Waals surface area contributed by atoms with Crippen LogP contribution in [0.2, 0.25) is 5.02 Å². The average Bonchev–Trinajstić information content (AvgIpc) is 3.34. The van der Waals surface area contributed by atoms with Crippen molar-refractivity contribution >= 4 is 34.7 Å². The van der Waals surface area contributed by atoms with Crippen LogP contribution >= 0.6 is 22.9 Å². The van der Waals surface area contributed by atoms with E-state index in [1.165, 1.54) is 22.5 Å². The maximum atomic E-state index is 14.0. The summed E-state index contributed by atoms with van der Waals surface area (Å²) in [5.74, 6) is 1.22. The first-order chi connectivity index (χ1) is 20.6. The number of ether oxygens (including phenoxy) is 2. The molecule has 1 aromatic heterocycles. The summed E-state index contributed by atoms with van der Waals surface area (Å²) < 4.78 is 14.2. The Hall–Kier alpha value is -4.39. The van der Waals surface area contributed by atoms with Crippen molar-refractivity contribution < 1.29 is 9.47 Å². The van der Waals surface area contributed by atoms with Crippen molar-refractivity contribution in [3.8, 4) is 11.5 Å². The minimum Gasteiger partial charge on any atom is -0.493 e. The zero-order valence-electron chi connectivity index (χ0n) is 22.9. The van der Waals surface area contributed by atoms with E-state index in [9.17, 15) is 4.79 Å². The van der Waals surface area contributed by atoms with E-state index < -0.39 is 0 Å². The van der Waals surface area contributed by atoms with E-state index in [0.717, 1.165) is 40.8 Å². The van der Waals surface area contributed by atoms with Crippen LogP contribution in [-0.2, 0) is 13.0 Å². The SMILES string of the molecule is COc1cc(/C=c2\sc3n(c2=O)[C@H](c2ccccc2)C2=C(N=3)c3ccccc3CC2)ccc1OCc1ccc(Cl)cc1. The van der Waals surface area contributed by atoms with Crippen molar-refractivity contribution in [1.82, 2.24) is 4.57 Å². The Kier molecular flexibility index (Phi) is 7.02. The van der Waals surface area contributed by atoms with E-state index >= 15 is 0 Å². The molecule has 1 aliphatic carbocycles. The van der Waals surface area contributed by atoms with Gasteiger partial charge in [-0.3, -0.25) is 9.36 Å². The Bertz CT molecular complexity index is 2010. The van der Waals surface area contributed by atoms with Crippen molar-refractivity contribution in [2.24, 2.45) is 4.99 Å². The van der Waals surface area contributed by atoms with Crippen molar-refractivity contribution in [1.29, 1.82) is 0 Å². The number of methoxy groups -OCH3 is 1. The van der Waals surface area contributed by atoms with Gasteiger partial charge in [0.05, 0.1) is 23.4 Å². The zero-order chi connectivity index (χ0) is 28.6. The van der Waals surface area contributed by atoms with Gasteiger partial charge in [0.15, 0.2) is 16.3 Å². The van der Waals surface area contributed by atoms with Gasteiger partial charge in [-0.2, -0.15) is 0 Å². The lowest BCUT2D eigenvalue weighted by molar-refractivity contribution is 0.284. The smallest absolute Gasteiger partial charge is 0.271 e. The fourth-order valence-electron chi connectivity index (χ4n) is 5.74. The molecular weight excluding hydrogens is 564 g/mol. The third kappa shape index (κ3) is 4.87. The maximum Gasteiger partial charge on any atom is 0.271 e. The molecule has 0 spiro atoms. The summed E-state index contributed by atoms with van der Waals surface area (Å²) in [4.78, 5) is 19.8. The number of allylic oxidation sites excluding steroid dienone is 1. The number of nitrogens with zero attached hydrogens (tertiary/aromatic N) is 2. The molecule has 7 rings (SSSR count). The first-order valence-corrected chi connectivity index (χ1v) is 15.0. The molecular formula is C35H27ClN2O3S. The van der Waals surface area contributed by atoms with Crippen molar-refractivity contribution in [2.75, 3.05) is 7.11 Å². The predicted octanol–water partition coefficient (Wildman–Crippen LogP) is 6.56. The Balaban J connectivity index is 1.29. The number of thiazole rings is 1. The van der Waals surface area contributed by atoms with Crippen LogP contribution in [0.25, 0.3) is 11.8 Å². The molecule has 0 bridgehead atoms. The highest BCUT2D eigenvalue weighted by Crippen LogP contribution is 2.41. The van der Waals surface area contributed by atoms with E-state index in [-0.39, 0.29) is 11.6 Å². The minimum atomic E-state index is -0.189. The Morgan fingerprint density at radius 2 is 1.74 bits per heavy atom. The summed E-state index contributed by atoms with van der Waals surface area (Å²) in [6, 6.07) is 31.8. The molecule has 0 fully saturated rings. The van der Waals surface area contributed by atoms with Gasteiger partial charge in [0.25, 0.3) is 5.56 Å². The molecule has 5 aromatic rings. The molecule has 2 aliphatic rings. The first-order valence-electron chi connectivity index (χ1n) is 13.8. The van der Waals surface area contributed by atoms with Crippen LogP contribution in [0.4, 0.5) is 0 Å². The minimum absolute atomic E-state index is 0.0416. The fourth-order valence-corrected chi connectivity index (χ4v) is 6.87. The van der Waals surface area contributed by atoms with E-state index in [0.29, 0.717) is 32.5 Å². The number of halogens is 1. The summed E-state index contributed by atoms with van der Waals surface area (Å²) in [5.41, 5.74) is 7.57. The Labute approximate surface area is 252 Å². The average molecular weight is 591 g/mol. The maximum absolute atomic E-state index is 14.0. The standard InChI is InChI=1S/C35H27ClN2O3S/c1-40-30-19-23(13-18-29(30)41-21-22-11-15-26(36)16-12-22)20-31-34(39)38-33(25-8-3-2-4-9-25)28-17-14-24-7-5-6-10-27(24)32(28)37-35(38)42-31/h2-13,15-16,18-20,33H,14,17,21H2,1H3/b31-20-/t33-/m1/s1. The lowest BCUT2D eigenvalue weighted by Crippen LogP contribution is -2.38. The van der Waals surface area contributed by atoms with Crippen LogP contribution < -0.4 is 24.4 Å². The van der Waals surface area contributed by atoms with Crippen LogP contribution in [-0.4, -0.2) is 11.7 Å². The number of fused-ring (bicyclic) bond motifs is 3. The second kappa shape index (κ2) is 11.1. The first kappa shape index (κ1) is 26.5. The summed E-state index contributed by atoms with van der Waals surface area (Å²) in [6.45, 7) is 0.388. The van der Waals surface area contributed by atoms with Crippen LogP contribution in [0.3, 0.4) is 0 Å². The highest BCUT2D eigenvalue weighted by atomic mass is 35.5.